The monoisotopic (exact) mass is 208 g/mol. The van der Waals surface area contributed by atoms with Crippen molar-refractivity contribution in [3.8, 4) is 11.8 Å². The number of hydrogen-bond acceptors (Lipinski definition) is 1. The molecule has 1 aromatic rings. The van der Waals surface area contributed by atoms with E-state index >= 15 is 0 Å². The number of benzene rings is 1. The maximum Gasteiger partial charge on any atom is 0.315 e. The maximum absolute atomic E-state index is 10.2. The van der Waals surface area contributed by atoms with Gasteiger partial charge in [-0.2, -0.15) is 0 Å². The van der Waals surface area contributed by atoms with Gasteiger partial charge in [-0.15, -0.1) is 0 Å². The molecular formula is C11H9ClO2. The zero-order valence-corrected chi connectivity index (χ0v) is 8.43. The van der Waals surface area contributed by atoms with Crippen molar-refractivity contribution in [1.29, 1.82) is 0 Å². The molecule has 0 unspecified atom stereocenters. The van der Waals surface area contributed by atoms with Crippen molar-refractivity contribution in [1.82, 2.24) is 0 Å². The molecule has 0 saturated heterocycles. The van der Waals surface area contributed by atoms with Crippen LogP contribution in [0.15, 0.2) is 18.2 Å². The highest BCUT2D eigenvalue weighted by Crippen LogP contribution is 2.15. The number of carboxylic acid groups (broad SMARTS) is 1. The number of carboxylic acids is 1. The first-order valence-electron chi connectivity index (χ1n) is 4.06. The number of aryl methyl sites for hydroxylation is 1. The molecule has 0 amide bonds. The summed E-state index contributed by atoms with van der Waals surface area (Å²) in [7, 11) is 0. The molecule has 0 spiro atoms. The summed E-state index contributed by atoms with van der Waals surface area (Å²) >= 11 is 5.82. The van der Waals surface area contributed by atoms with Crippen molar-refractivity contribution in [3.05, 3.63) is 34.3 Å². The van der Waals surface area contributed by atoms with Crippen LogP contribution in [0.4, 0.5) is 0 Å². The molecule has 1 N–H and O–H groups in total. The number of rotatable bonds is 1. The van der Waals surface area contributed by atoms with Gasteiger partial charge in [0.15, 0.2) is 0 Å². The average molecular weight is 209 g/mol. The van der Waals surface area contributed by atoms with Crippen molar-refractivity contribution in [2.75, 3.05) is 0 Å². The van der Waals surface area contributed by atoms with Gasteiger partial charge in [0, 0.05) is 10.6 Å². The molecule has 0 aliphatic rings. The molecule has 0 bridgehead atoms. The van der Waals surface area contributed by atoms with Crippen LogP contribution in [0.2, 0.25) is 5.02 Å². The van der Waals surface area contributed by atoms with Gasteiger partial charge in [0.2, 0.25) is 0 Å². The first kappa shape index (κ1) is 10.6. The predicted molar refractivity (Wildman–Crippen MR) is 55.3 cm³/mol. The van der Waals surface area contributed by atoms with E-state index in [1.165, 1.54) is 0 Å². The normalized spacial score (nSPS) is 9.00. The van der Waals surface area contributed by atoms with E-state index in [2.05, 4.69) is 11.8 Å². The van der Waals surface area contributed by atoms with Crippen molar-refractivity contribution in [2.45, 2.75) is 13.3 Å². The maximum atomic E-state index is 10.2. The van der Waals surface area contributed by atoms with Crippen LogP contribution in [0, 0.1) is 18.8 Å². The number of aliphatic carboxylic acids is 1. The highest BCUT2D eigenvalue weighted by molar-refractivity contribution is 6.31. The Kier molecular flexibility index (Phi) is 3.55. The van der Waals surface area contributed by atoms with Crippen LogP contribution in [0.25, 0.3) is 0 Å². The summed E-state index contributed by atoms with van der Waals surface area (Å²) in [4.78, 5) is 10.2. The Bertz CT molecular complexity index is 413. The second-order valence-electron chi connectivity index (χ2n) is 2.84. The quantitative estimate of drug-likeness (QED) is 0.720. The lowest BCUT2D eigenvalue weighted by molar-refractivity contribution is -0.135. The zero-order chi connectivity index (χ0) is 10.6. The number of carbonyl (C=O) groups is 1. The smallest absolute Gasteiger partial charge is 0.315 e. The third kappa shape index (κ3) is 3.12. The minimum atomic E-state index is -0.914. The summed E-state index contributed by atoms with van der Waals surface area (Å²) in [5, 5.41) is 9.06. The summed E-state index contributed by atoms with van der Waals surface area (Å²) in [6, 6.07) is 5.35. The van der Waals surface area contributed by atoms with Crippen LogP contribution < -0.4 is 0 Å². The molecule has 0 heterocycles. The summed E-state index contributed by atoms with van der Waals surface area (Å²) < 4.78 is 0. The van der Waals surface area contributed by atoms with E-state index in [0.717, 1.165) is 11.1 Å². The molecule has 72 valence electrons. The lowest BCUT2D eigenvalue weighted by Gasteiger charge is -1.96. The second kappa shape index (κ2) is 4.69. The second-order valence-corrected chi connectivity index (χ2v) is 3.24. The topological polar surface area (TPSA) is 37.3 Å². The van der Waals surface area contributed by atoms with Gasteiger partial charge < -0.3 is 5.11 Å². The van der Waals surface area contributed by atoms with E-state index in [-0.39, 0.29) is 6.42 Å². The molecule has 2 nitrogen and oxygen atoms in total. The van der Waals surface area contributed by atoms with Crippen molar-refractivity contribution < 1.29 is 9.90 Å². The fraction of sp³-hybridized carbons (Fsp3) is 0.182. The minimum Gasteiger partial charge on any atom is -0.481 e. The Balaban J connectivity index is 2.81. The van der Waals surface area contributed by atoms with Gasteiger partial charge in [-0.3, -0.25) is 4.79 Å². The van der Waals surface area contributed by atoms with E-state index in [1.807, 2.05) is 13.0 Å². The molecule has 0 atom stereocenters. The highest BCUT2D eigenvalue weighted by atomic mass is 35.5. The Hall–Kier alpha value is -1.46. The molecule has 3 heteroatoms. The summed E-state index contributed by atoms with van der Waals surface area (Å²) in [6.45, 7) is 1.88. The Morgan fingerprint density at radius 3 is 2.86 bits per heavy atom. The number of hydrogen-bond donors (Lipinski definition) is 1. The first-order chi connectivity index (χ1) is 6.59. The molecule has 1 aromatic carbocycles. The lowest BCUT2D eigenvalue weighted by Crippen LogP contribution is -1.90. The van der Waals surface area contributed by atoms with Gasteiger partial charge in [-0.25, -0.2) is 0 Å². The van der Waals surface area contributed by atoms with Crippen LogP contribution in [0.1, 0.15) is 17.5 Å². The molecule has 0 aliphatic carbocycles. The van der Waals surface area contributed by atoms with Gasteiger partial charge in [0.1, 0.15) is 6.42 Å². The van der Waals surface area contributed by atoms with E-state index in [4.69, 9.17) is 16.7 Å². The van der Waals surface area contributed by atoms with E-state index in [9.17, 15) is 4.79 Å². The third-order valence-corrected chi connectivity index (χ3v) is 2.05. The Labute approximate surface area is 87.5 Å². The SMILES string of the molecule is Cc1cc(C#CCC(=O)O)ccc1Cl. The molecule has 0 fully saturated rings. The largest absolute Gasteiger partial charge is 0.481 e. The highest BCUT2D eigenvalue weighted by Gasteiger charge is 1.94. The molecule has 0 saturated carbocycles. The number of halogens is 1. The van der Waals surface area contributed by atoms with E-state index in [1.54, 1.807) is 12.1 Å². The van der Waals surface area contributed by atoms with Gasteiger partial charge in [-0.05, 0) is 30.7 Å². The molecule has 0 aromatic heterocycles. The lowest BCUT2D eigenvalue weighted by atomic mass is 10.1. The van der Waals surface area contributed by atoms with Crippen LogP contribution in [0.5, 0.6) is 0 Å². The Morgan fingerprint density at radius 2 is 2.29 bits per heavy atom. The van der Waals surface area contributed by atoms with E-state index in [0.29, 0.717) is 5.02 Å². The molecule has 14 heavy (non-hydrogen) atoms. The van der Waals surface area contributed by atoms with Gasteiger partial charge >= 0.3 is 5.97 Å². The molecule has 1 rings (SSSR count). The van der Waals surface area contributed by atoms with Gasteiger partial charge in [0.05, 0.1) is 0 Å². The van der Waals surface area contributed by atoms with Gasteiger partial charge in [-0.1, -0.05) is 23.4 Å². The fourth-order valence-electron chi connectivity index (χ4n) is 0.944. The van der Waals surface area contributed by atoms with Crippen LogP contribution in [0.3, 0.4) is 0 Å². The average Bonchev–Trinajstić information content (AvgIpc) is 2.10. The molecule has 0 radical (unpaired) electrons. The predicted octanol–water partition coefficient (Wildman–Crippen LogP) is 2.47. The Morgan fingerprint density at radius 1 is 1.57 bits per heavy atom. The van der Waals surface area contributed by atoms with Crippen LogP contribution >= 0.6 is 11.6 Å². The van der Waals surface area contributed by atoms with Crippen LogP contribution in [-0.2, 0) is 4.79 Å². The third-order valence-electron chi connectivity index (χ3n) is 1.63. The summed E-state index contributed by atoms with van der Waals surface area (Å²) in [5.74, 6) is 4.40. The zero-order valence-electron chi connectivity index (χ0n) is 7.67. The fourth-order valence-corrected chi connectivity index (χ4v) is 1.06. The molecule has 0 aliphatic heterocycles. The van der Waals surface area contributed by atoms with Crippen molar-refractivity contribution in [2.24, 2.45) is 0 Å². The van der Waals surface area contributed by atoms with E-state index < -0.39 is 5.97 Å². The summed E-state index contributed by atoms with van der Waals surface area (Å²) in [6.07, 6.45) is -0.137. The van der Waals surface area contributed by atoms with Crippen molar-refractivity contribution in [3.63, 3.8) is 0 Å². The van der Waals surface area contributed by atoms with Crippen LogP contribution in [-0.4, -0.2) is 11.1 Å². The first-order valence-corrected chi connectivity index (χ1v) is 4.44. The standard InChI is InChI=1S/C11H9ClO2/c1-8-7-9(5-6-10(8)12)3-2-4-11(13)14/h5-7H,4H2,1H3,(H,13,14). The minimum absolute atomic E-state index is 0.137. The van der Waals surface area contributed by atoms with Crippen molar-refractivity contribution >= 4 is 17.6 Å². The molecular weight excluding hydrogens is 200 g/mol. The van der Waals surface area contributed by atoms with Gasteiger partial charge in [0.25, 0.3) is 0 Å². The summed E-state index contributed by atoms with van der Waals surface area (Å²) in [5.41, 5.74) is 1.72.